The van der Waals surface area contributed by atoms with Crippen LogP contribution in [0, 0.1) is 0 Å². The zero-order chi connectivity index (χ0) is 25.5. The monoisotopic (exact) mass is 505 g/mol. The Morgan fingerprint density at radius 1 is 0.395 bits per heavy atom. The van der Waals surface area contributed by atoms with Gasteiger partial charge in [0.25, 0.3) is 0 Å². The lowest BCUT2D eigenvalue weighted by Gasteiger charge is -2.15. The van der Waals surface area contributed by atoms with Crippen LogP contribution in [0.1, 0.15) is 0 Å². The predicted molar refractivity (Wildman–Crippen MR) is 162 cm³/mol. The summed E-state index contributed by atoms with van der Waals surface area (Å²) in [6.45, 7) is 0. The molecular weight excluding hydrogens is 482 g/mol. The topological polar surface area (TPSA) is 4.93 Å². The smallest absolute Gasteiger partial charge is 0.0541 e. The van der Waals surface area contributed by atoms with Crippen LogP contribution in [0.4, 0.5) is 0 Å². The van der Waals surface area contributed by atoms with Crippen molar-refractivity contribution >= 4 is 33.4 Å². The Labute approximate surface area is 227 Å². The second-order valence-corrected chi connectivity index (χ2v) is 9.94. The van der Waals surface area contributed by atoms with E-state index < -0.39 is 0 Å². The molecule has 1 nitrogen and oxygen atoms in total. The van der Waals surface area contributed by atoms with E-state index in [-0.39, 0.29) is 0 Å². The fourth-order valence-corrected chi connectivity index (χ4v) is 5.71. The highest BCUT2D eigenvalue weighted by molar-refractivity contribution is 6.33. The molecule has 0 saturated heterocycles. The van der Waals surface area contributed by atoms with Crippen molar-refractivity contribution in [3.8, 4) is 39.1 Å². The summed E-state index contributed by atoms with van der Waals surface area (Å²) in [5.41, 5.74) is 10.4. The summed E-state index contributed by atoms with van der Waals surface area (Å²) in [5, 5.41) is 3.25. The van der Waals surface area contributed by atoms with Crippen LogP contribution < -0.4 is 0 Å². The Kier molecular flexibility index (Phi) is 5.57. The van der Waals surface area contributed by atoms with E-state index in [0.717, 1.165) is 33.0 Å². The molecule has 38 heavy (non-hydrogen) atoms. The first-order valence-corrected chi connectivity index (χ1v) is 13.2. The van der Waals surface area contributed by atoms with Crippen LogP contribution in [0.15, 0.2) is 146 Å². The predicted octanol–water partition coefficient (Wildman–Crippen LogP) is 10.4. The van der Waals surface area contributed by atoms with Gasteiger partial charge in [0, 0.05) is 26.9 Å². The zero-order valence-electron chi connectivity index (χ0n) is 20.7. The Bertz CT molecular complexity index is 1920. The van der Waals surface area contributed by atoms with E-state index in [1.54, 1.807) is 0 Å². The van der Waals surface area contributed by atoms with E-state index in [1.807, 2.05) is 24.3 Å². The van der Waals surface area contributed by atoms with Crippen molar-refractivity contribution in [2.24, 2.45) is 0 Å². The van der Waals surface area contributed by atoms with Gasteiger partial charge in [-0.15, -0.1) is 0 Å². The van der Waals surface area contributed by atoms with Crippen LogP contribution in [0.2, 0.25) is 5.02 Å². The molecule has 0 saturated carbocycles. The molecule has 0 fully saturated rings. The van der Waals surface area contributed by atoms with Gasteiger partial charge in [-0.2, -0.15) is 0 Å². The number of hydrogen-bond donors (Lipinski definition) is 0. The van der Waals surface area contributed by atoms with E-state index >= 15 is 0 Å². The third-order valence-corrected chi connectivity index (χ3v) is 7.62. The molecule has 0 spiro atoms. The molecule has 0 aliphatic heterocycles. The maximum absolute atomic E-state index is 6.67. The number of nitrogens with zero attached hydrogens (tertiary/aromatic N) is 1. The molecule has 0 atom stereocenters. The van der Waals surface area contributed by atoms with Crippen molar-refractivity contribution in [2.75, 3.05) is 0 Å². The SMILES string of the molecule is Clc1ccc(-c2ccccc2-n2c3ccccc3c3cc(-c4ccccc4)ccc32)cc1-c1ccccc1. The number of hydrogen-bond acceptors (Lipinski definition) is 0. The zero-order valence-corrected chi connectivity index (χ0v) is 21.4. The molecule has 0 amide bonds. The van der Waals surface area contributed by atoms with Gasteiger partial charge in [0.15, 0.2) is 0 Å². The Morgan fingerprint density at radius 2 is 1.03 bits per heavy atom. The maximum atomic E-state index is 6.67. The van der Waals surface area contributed by atoms with Crippen LogP contribution in [-0.4, -0.2) is 4.57 Å². The molecule has 2 heteroatoms. The fourth-order valence-electron chi connectivity index (χ4n) is 5.49. The van der Waals surface area contributed by atoms with E-state index in [9.17, 15) is 0 Å². The molecule has 0 N–H and O–H groups in total. The van der Waals surface area contributed by atoms with Gasteiger partial charge in [-0.3, -0.25) is 0 Å². The molecule has 0 unspecified atom stereocenters. The highest BCUT2D eigenvalue weighted by atomic mass is 35.5. The summed E-state index contributed by atoms with van der Waals surface area (Å²) in [6, 6.07) is 51.4. The van der Waals surface area contributed by atoms with Crippen molar-refractivity contribution in [3.05, 3.63) is 151 Å². The van der Waals surface area contributed by atoms with Crippen LogP contribution in [0.5, 0.6) is 0 Å². The summed E-state index contributed by atoms with van der Waals surface area (Å²) in [7, 11) is 0. The first-order chi connectivity index (χ1) is 18.8. The van der Waals surface area contributed by atoms with Gasteiger partial charge >= 0.3 is 0 Å². The van der Waals surface area contributed by atoms with Gasteiger partial charge in [0.1, 0.15) is 0 Å². The third-order valence-electron chi connectivity index (χ3n) is 7.29. The van der Waals surface area contributed by atoms with Gasteiger partial charge < -0.3 is 4.57 Å². The third kappa shape index (κ3) is 3.80. The molecule has 1 heterocycles. The molecule has 7 aromatic rings. The number of halogens is 1. The standard InChI is InChI=1S/C36H24ClN/c37-33-21-19-28(24-31(33)26-13-5-2-6-14-26)29-15-7-9-17-34(29)38-35-18-10-8-16-30(35)32-23-27(20-22-36(32)38)25-11-3-1-4-12-25/h1-24H. The van der Waals surface area contributed by atoms with E-state index in [1.165, 1.54) is 32.9 Å². The first kappa shape index (κ1) is 22.6. The molecule has 0 bridgehead atoms. The lowest BCUT2D eigenvalue weighted by atomic mass is 9.97. The van der Waals surface area contributed by atoms with Gasteiger partial charge in [0.05, 0.1) is 16.7 Å². The molecule has 180 valence electrons. The second kappa shape index (κ2) is 9.37. The lowest BCUT2D eigenvalue weighted by Crippen LogP contribution is -1.97. The number of aromatic nitrogens is 1. The summed E-state index contributed by atoms with van der Waals surface area (Å²) in [6.07, 6.45) is 0. The van der Waals surface area contributed by atoms with Crippen molar-refractivity contribution in [2.45, 2.75) is 0 Å². The van der Waals surface area contributed by atoms with Gasteiger partial charge in [-0.05, 0) is 58.7 Å². The minimum Gasteiger partial charge on any atom is -0.309 e. The van der Waals surface area contributed by atoms with Crippen molar-refractivity contribution < 1.29 is 0 Å². The average molecular weight is 506 g/mol. The second-order valence-electron chi connectivity index (χ2n) is 9.53. The van der Waals surface area contributed by atoms with Crippen molar-refractivity contribution in [3.63, 3.8) is 0 Å². The minimum atomic E-state index is 0.753. The molecule has 0 aliphatic carbocycles. The molecule has 6 aromatic carbocycles. The number of rotatable bonds is 4. The Balaban J connectivity index is 1.46. The number of fused-ring (bicyclic) bond motifs is 3. The number of para-hydroxylation sites is 2. The first-order valence-electron chi connectivity index (χ1n) is 12.8. The summed E-state index contributed by atoms with van der Waals surface area (Å²) in [4.78, 5) is 0. The van der Waals surface area contributed by atoms with Crippen LogP contribution >= 0.6 is 11.6 Å². The van der Waals surface area contributed by atoms with Gasteiger partial charge in [-0.1, -0.05) is 121 Å². The van der Waals surface area contributed by atoms with Gasteiger partial charge in [0.2, 0.25) is 0 Å². The Hall–Kier alpha value is -4.59. The molecule has 0 aliphatic rings. The van der Waals surface area contributed by atoms with Crippen LogP contribution in [0.25, 0.3) is 60.9 Å². The Morgan fingerprint density at radius 3 is 1.84 bits per heavy atom. The average Bonchev–Trinajstić information content (AvgIpc) is 3.32. The summed E-state index contributed by atoms with van der Waals surface area (Å²) >= 11 is 6.67. The van der Waals surface area contributed by atoms with Gasteiger partial charge in [-0.25, -0.2) is 0 Å². The lowest BCUT2D eigenvalue weighted by molar-refractivity contribution is 1.18. The van der Waals surface area contributed by atoms with Crippen molar-refractivity contribution in [1.29, 1.82) is 0 Å². The highest BCUT2D eigenvalue weighted by Crippen LogP contribution is 2.39. The molecule has 0 radical (unpaired) electrons. The number of benzene rings is 6. The normalized spacial score (nSPS) is 11.3. The fraction of sp³-hybridized carbons (Fsp3) is 0. The van der Waals surface area contributed by atoms with E-state index in [0.29, 0.717) is 0 Å². The van der Waals surface area contributed by atoms with Crippen molar-refractivity contribution in [1.82, 2.24) is 4.57 Å². The summed E-state index contributed by atoms with van der Waals surface area (Å²) < 4.78 is 2.39. The molecule has 7 rings (SSSR count). The largest absolute Gasteiger partial charge is 0.309 e. The maximum Gasteiger partial charge on any atom is 0.0541 e. The van der Waals surface area contributed by atoms with Crippen LogP contribution in [0.3, 0.4) is 0 Å². The quantitative estimate of drug-likeness (QED) is 0.224. The van der Waals surface area contributed by atoms with E-state index in [2.05, 4.69) is 126 Å². The molecule has 1 aromatic heterocycles. The summed E-state index contributed by atoms with van der Waals surface area (Å²) in [5.74, 6) is 0. The minimum absolute atomic E-state index is 0.753. The molecular formula is C36H24ClN. The van der Waals surface area contributed by atoms with Crippen LogP contribution in [-0.2, 0) is 0 Å². The van der Waals surface area contributed by atoms with E-state index in [4.69, 9.17) is 11.6 Å². The highest BCUT2D eigenvalue weighted by Gasteiger charge is 2.17.